The summed E-state index contributed by atoms with van der Waals surface area (Å²) in [6.45, 7) is 5.56. The Labute approximate surface area is 119 Å². The molecule has 0 bridgehead atoms. The van der Waals surface area contributed by atoms with Crippen LogP contribution in [0.2, 0.25) is 0 Å². The van der Waals surface area contributed by atoms with Gasteiger partial charge in [0.25, 0.3) is 0 Å². The summed E-state index contributed by atoms with van der Waals surface area (Å²) in [6.07, 6.45) is 1.78. The lowest BCUT2D eigenvalue weighted by atomic mass is 10.1. The third kappa shape index (κ3) is 3.17. The number of hydrogen-bond acceptors (Lipinski definition) is 3. The topological polar surface area (TPSA) is 59.0 Å². The molecule has 2 aromatic rings. The average molecular weight is 272 g/mol. The van der Waals surface area contributed by atoms with Crippen LogP contribution in [0.4, 0.5) is 11.4 Å². The van der Waals surface area contributed by atoms with Gasteiger partial charge in [-0.15, -0.1) is 0 Å². The van der Waals surface area contributed by atoms with Crippen LogP contribution in [0.25, 0.3) is 0 Å². The molecule has 2 rings (SSSR count). The molecule has 1 amide bonds. The molecule has 0 radical (unpaired) electrons. The molecule has 106 valence electrons. The molecule has 2 N–H and O–H groups in total. The summed E-state index contributed by atoms with van der Waals surface area (Å²) in [5, 5.41) is 10.4. The van der Waals surface area contributed by atoms with Crippen molar-refractivity contribution in [1.29, 1.82) is 0 Å². The first-order valence-corrected chi connectivity index (χ1v) is 6.60. The van der Waals surface area contributed by atoms with Crippen molar-refractivity contribution >= 4 is 17.3 Å². The maximum Gasteiger partial charge on any atom is 0.221 e. The van der Waals surface area contributed by atoms with E-state index in [0.717, 1.165) is 22.6 Å². The van der Waals surface area contributed by atoms with Crippen LogP contribution in [0, 0.1) is 6.92 Å². The van der Waals surface area contributed by atoms with Gasteiger partial charge < -0.3 is 10.6 Å². The summed E-state index contributed by atoms with van der Waals surface area (Å²) in [7, 11) is 1.92. The second-order valence-corrected chi connectivity index (χ2v) is 4.96. The number of nitrogens with zero attached hydrogens (tertiary/aromatic N) is 2. The van der Waals surface area contributed by atoms with E-state index in [1.165, 1.54) is 6.92 Å². The van der Waals surface area contributed by atoms with E-state index in [9.17, 15) is 4.79 Å². The predicted octanol–water partition coefficient (Wildman–Crippen LogP) is 2.86. The van der Waals surface area contributed by atoms with E-state index >= 15 is 0 Å². The smallest absolute Gasteiger partial charge is 0.221 e. The van der Waals surface area contributed by atoms with Crippen molar-refractivity contribution in [2.24, 2.45) is 7.05 Å². The molecule has 0 aliphatic carbocycles. The van der Waals surface area contributed by atoms with Gasteiger partial charge in [0, 0.05) is 31.5 Å². The number of carbonyl (C=O) groups is 1. The highest BCUT2D eigenvalue weighted by Crippen LogP contribution is 2.24. The molecule has 0 saturated heterocycles. The van der Waals surface area contributed by atoms with Gasteiger partial charge >= 0.3 is 0 Å². The number of benzene rings is 1. The molecule has 0 spiro atoms. The quantitative estimate of drug-likeness (QED) is 0.899. The standard InChI is InChI=1S/C15H20N4O/c1-10-5-6-13(9-14(10)18-12(3)20)17-11(2)15-7-8-16-19(15)4/h5-9,11,17H,1-4H3,(H,18,20). The molecule has 1 atom stereocenters. The monoisotopic (exact) mass is 272 g/mol. The molecule has 0 fully saturated rings. The van der Waals surface area contributed by atoms with E-state index in [0.29, 0.717) is 0 Å². The molecule has 0 saturated carbocycles. The van der Waals surface area contributed by atoms with Gasteiger partial charge in [0.05, 0.1) is 11.7 Å². The first kappa shape index (κ1) is 14.1. The lowest BCUT2D eigenvalue weighted by molar-refractivity contribution is -0.114. The zero-order valence-corrected chi connectivity index (χ0v) is 12.3. The summed E-state index contributed by atoms with van der Waals surface area (Å²) in [5.74, 6) is -0.0649. The molecule has 1 aromatic heterocycles. The number of hydrogen-bond donors (Lipinski definition) is 2. The van der Waals surface area contributed by atoms with Gasteiger partial charge in [-0.2, -0.15) is 5.10 Å². The molecule has 20 heavy (non-hydrogen) atoms. The first-order chi connectivity index (χ1) is 9.47. The largest absolute Gasteiger partial charge is 0.377 e. The number of amides is 1. The summed E-state index contributed by atoms with van der Waals surface area (Å²) < 4.78 is 1.85. The minimum atomic E-state index is -0.0649. The molecule has 1 unspecified atom stereocenters. The predicted molar refractivity (Wildman–Crippen MR) is 80.7 cm³/mol. The minimum Gasteiger partial charge on any atom is -0.377 e. The molecule has 0 aliphatic rings. The van der Waals surface area contributed by atoms with Crippen LogP contribution in [0.1, 0.15) is 31.1 Å². The fourth-order valence-corrected chi connectivity index (χ4v) is 2.17. The molecule has 0 aliphatic heterocycles. The Morgan fingerprint density at radius 3 is 2.70 bits per heavy atom. The van der Waals surface area contributed by atoms with Gasteiger partial charge in [-0.05, 0) is 37.6 Å². The molecule has 1 heterocycles. The fourth-order valence-electron chi connectivity index (χ4n) is 2.17. The lowest BCUT2D eigenvalue weighted by Gasteiger charge is -2.17. The highest BCUT2D eigenvalue weighted by molar-refractivity contribution is 5.90. The Morgan fingerprint density at radius 2 is 2.10 bits per heavy atom. The molecule has 5 heteroatoms. The maximum atomic E-state index is 11.2. The number of rotatable bonds is 4. The maximum absolute atomic E-state index is 11.2. The minimum absolute atomic E-state index is 0.0649. The highest BCUT2D eigenvalue weighted by atomic mass is 16.1. The van der Waals surface area contributed by atoms with Crippen molar-refractivity contribution in [3.63, 3.8) is 0 Å². The van der Waals surface area contributed by atoms with Gasteiger partial charge in [0.1, 0.15) is 0 Å². The van der Waals surface area contributed by atoms with E-state index in [2.05, 4.69) is 22.7 Å². The Balaban J connectivity index is 2.17. The molecular formula is C15H20N4O. The number of nitrogens with one attached hydrogen (secondary N) is 2. The normalized spacial score (nSPS) is 12.0. The lowest BCUT2D eigenvalue weighted by Crippen LogP contribution is -2.12. The summed E-state index contributed by atoms with van der Waals surface area (Å²) in [5.41, 5.74) is 3.94. The van der Waals surface area contributed by atoms with Crippen LogP contribution in [-0.2, 0) is 11.8 Å². The second-order valence-electron chi connectivity index (χ2n) is 4.96. The molecular weight excluding hydrogens is 252 g/mol. The Bertz CT molecular complexity index is 618. The zero-order chi connectivity index (χ0) is 14.7. The highest BCUT2D eigenvalue weighted by Gasteiger charge is 2.10. The van der Waals surface area contributed by atoms with Gasteiger partial charge in [0.15, 0.2) is 0 Å². The Morgan fingerprint density at radius 1 is 1.35 bits per heavy atom. The van der Waals surface area contributed by atoms with Gasteiger partial charge in [-0.3, -0.25) is 9.48 Å². The van der Waals surface area contributed by atoms with E-state index in [1.807, 2.05) is 42.9 Å². The van der Waals surface area contributed by atoms with Gasteiger partial charge in [-0.1, -0.05) is 6.07 Å². The van der Waals surface area contributed by atoms with Crippen LogP contribution in [0.15, 0.2) is 30.5 Å². The SMILES string of the molecule is CC(=O)Nc1cc(NC(C)c2ccnn2C)ccc1C. The Kier molecular flexibility index (Phi) is 4.08. The van der Waals surface area contributed by atoms with Crippen LogP contribution >= 0.6 is 0 Å². The summed E-state index contributed by atoms with van der Waals surface area (Å²) in [4.78, 5) is 11.2. The van der Waals surface area contributed by atoms with E-state index in [1.54, 1.807) is 6.20 Å². The third-order valence-corrected chi connectivity index (χ3v) is 3.23. The van der Waals surface area contributed by atoms with Crippen LogP contribution in [0.3, 0.4) is 0 Å². The number of anilines is 2. The third-order valence-electron chi connectivity index (χ3n) is 3.23. The van der Waals surface area contributed by atoms with Crippen molar-refractivity contribution in [3.05, 3.63) is 41.7 Å². The average Bonchev–Trinajstić information content (AvgIpc) is 2.79. The van der Waals surface area contributed by atoms with Gasteiger partial charge in [0.2, 0.25) is 5.91 Å². The zero-order valence-electron chi connectivity index (χ0n) is 12.3. The fraction of sp³-hybridized carbons (Fsp3) is 0.333. The van der Waals surface area contributed by atoms with Crippen molar-refractivity contribution < 1.29 is 4.79 Å². The number of aryl methyl sites for hydroxylation is 2. The van der Waals surface area contributed by atoms with Crippen molar-refractivity contribution in [2.45, 2.75) is 26.8 Å². The second kappa shape index (κ2) is 5.77. The van der Waals surface area contributed by atoms with Crippen molar-refractivity contribution in [2.75, 3.05) is 10.6 Å². The number of aromatic nitrogens is 2. The number of carbonyl (C=O) groups excluding carboxylic acids is 1. The van der Waals surface area contributed by atoms with E-state index in [-0.39, 0.29) is 11.9 Å². The van der Waals surface area contributed by atoms with Gasteiger partial charge in [-0.25, -0.2) is 0 Å². The molecule has 1 aromatic carbocycles. The van der Waals surface area contributed by atoms with Crippen LogP contribution in [0.5, 0.6) is 0 Å². The van der Waals surface area contributed by atoms with E-state index < -0.39 is 0 Å². The first-order valence-electron chi connectivity index (χ1n) is 6.60. The summed E-state index contributed by atoms with van der Waals surface area (Å²) in [6, 6.07) is 8.07. The van der Waals surface area contributed by atoms with Crippen LogP contribution in [-0.4, -0.2) is 15.7 Å². The van der Waals surface area contributed by atoms with Crippen molar-refractivity contribution in [1.82, 2.24) is 9.78 Å². The Hall–Kier alpha value is -2.30. The molecule has 5 nitrogen and oxygen atoms in total. The van der Waals surface area contributed by atoms with E-state index in [4.69, 9.17) is 0 Å². The van der Waals surface area contributed by atoms with Crippen molar-refractivity contribution in [3.8, 4) is 0 Å². The summed E-state index contributed by atoms with van der Waals surface area (Å²) >= 11 is 0. The van der Waals surface area contributed by atoms with Crippen LogP contribution < -0.4 is 10.6 Å².